The van der Waals surface area contributed by atoms with Crippen LogP contribution in [-0.2, 0) is 11.3 Å². The third kappa shape index (κ3) is 5.55. The molecular formula is C17H24Cl2N2O2. The minimum Gasteiger partial charge on any atom is -0.444 e. The molecule has 0 saturated carbocycles. The van der Waals surface area contributed by atoms with Crippen molar-refractivity contribution in [3.05, 3.63) is 33.8 Å². The van der Waals surface area contributed by atoms with E-state index in [-0.39, 0.29) is 12.1 Å². The summed E-state index contributed by atoms with van der Waals surface area (Å²) in [6.45, 7) is 7.60. The maximum Gasteiger partial charge on any atom is 0.410 e. The number of benzene rings is 1. The topological polar surface area (TPSA) is 41.6 Å². The van der Waals surface area contributed by atoms with Crippen LogP contribution in [0.4, 0.5) is 4.79 Å². The molecule has 1 aromatic rings. The van der Waals surface area contributed by atoms with Crippen LogP contribution in [0.15, 0.2) is 18.2 Å². The molecule has 1 aromatic carbocycles. The van der Waals surface area contributed by atoms with Crippen LogP contribution in [0.1, 0.15) is 39.2 Å². The van der Waals surface area contributed by atoms with E-state index in [0.717, 1.165) is 24.9 Å². The maximum atomic E-state index is 12.2. The van der Waals surface area contributed by atoms with Crippen molar-refractivity contribution in [2.45, 2.75) is 51.8 Å². The average Bonchev–Trinajstić information content (AvgIpc) is 2.45. The Balaban J connectivity index is 1.90. The maximum absolute atomic E-state index is 12.2. The van der Waals surface area contributed by atoms with E-state index in [0.29, 0.717) is 23.1 Å². The van der Waals surface area contributed by atoms with Gasteiger partial charge in [0.2, 0.25) is 0 Å². The van der Waals surface area contributed by atoms with Crippen molar-refractivity contribution < 1.29 is 9.53 Å². The lowest BCUT2D eigenvalue weighted by atomic mass is 10.1. The van der Waals surface area contributed by atoms with Crippen LogP contribution in [0.5, 0.6) is 0 Å². The van der Waals surface area contributed by atoms with Gasteiger partial charge in [0, 0.05) is 41.3 Å². The zero-order valence-electron chi connectivity index (χ0n) is 13.9. The third-order valence-electron chi connectivity index (χ3n) is 3.70. The quantitative estimate of drug-likeness (QED) is 0.865. The van der Waals surface area contributed by atoms with Gasteiger partial charge in [0.15, 0.2) is 0 Å². The molecule has 1 amide bonds. The normalized spacial score (nSPS) is 18.8. The minimum absolute atomic E-state index is 0.212. The smallest absolute Gasteiger partial charge is 0.410 e. The number of carbonyl (C=O) groups is 1. The molecule has 0 radical (unpaired) electrons. The zero-order valence-corrected chi connectivity index (χ0v) is 15.4. The molecule has 1 unspecified atom stereocenters. The lowest BCUT2D eigenvalue weighted by Gasteiger charge is -2.34. The van der Waals surface area contributed by atoms with Crippen molar-refractivity contribution in [1.82, 2.24) is 10.2 Å². The lowest BCUT2D eigenvalue weighted by Crippen LogP contribution is -2.49. The first-order chi connectivity index (χ1) is 10.8. The summed E-state index contributed by atoms with van der Waals surface area (Å²) in [5.74, 6) is 0. The van der Waals surface area contributed by atoms with Crippen LogP contribution in [0.2, 0.25) is 10.0 Å². The fraction of sp³-hybridized carbons (Fsp3) is 0.588. The lowest BCUT2D eigenvalue weighted by molar-refractivity contribution is 0.0187. The Morgan fingerprint density at radius 3 is 2.61 bits per heavy atom. The zero-order chi connectivity index (χ0) is 17.0. The summed E-state index contributed by atoms with van der Waals surface area (Å²) in [7, 11) is 0. The molecule has 6 heteroatoms. The molecule has 1 fully saturated rings. The summed E-state index contributed by atoms with van der Waals surface area (Å²) in [6, 6.07) is 5.71. The van der Waals surface area contributed by atoms with Gasteiger partial charge in [0.25, 0.3) is 0 Å². The molecule has 0 spiro atoms. The van der Waals surface area contributed by atoms with E-state index in [1.807, 2.05) is 39.0 Å². The number of piperidine rings is 1. The Bertz CT molecular complexity index is 538. The highest BCUT2D eigenvalue weighted by atomic mass is 35.5. The molecule has 1 aliphatic rings. The van der Waals surface area contributed by atoms with E-state index in [1.165, 1.54) is 0 Å². The standard InChI is InChI=1S/C17H24Cl2N2O2/c1-17(2,3)23-16(22)21-9-5-6-12(11-21)20-10-13-14(18)7-4-8-15(13)19/h4,7-8,12,20H,5-6,9-11H2,1-3H3. The Kier molecular flexibility index (Phi) is 6.18. The number of nitrogens with one attached hydrogen (secondary N) is 1. The Hall–Kier alpha value is -0.970. The molecule has 23 heavy (non-hydrogen) atoms. The van der Waals surface area contributed by atoms with Crippen LogP contribution in [0, 0.1) is 0 Å². The molecule has 4 nitrogen and oxygen atoms in total. The minimum atomic E-state index is -0.470. The van der Waals surface area contributed by atoms with Crippen molar-refractivity contribution in [3.8, 4) is 0 Å². The van der Waals surface area contributed by atoms with Gasteiger partial charge in [-0.2, -0.15) is 0 Å². The van der Waals surface area contributed by atoms with Gasteiger partial charge in [-0.15, -0.1) is 0 Å². The predicted octanol–water partition coefficient (Wildman–Crippen LogP) is 4.48. The van der Waals surface area contributed by atoms with E-state index < -0.39 is 5.60 Å². The predicted molar refractivity (Wildman–Crippen MR) is 94.1 cm³/mol. The summed E-state index contributed by atoms with van der Waals surface area (Å²) in [5.41, 5.74) is 0.424. The highest BCUT2D eigenvalue weighted by Crippen LogP contribution is 2.24. The highest BCUT2D eigenvalue weighted by molar-refractivity contribution is 6.35. The summed E-state index contributed by atoms with van der Waals surface area (Å²) >= 11 is 12.4. The van der Waals surface area contributed by atoms with Crippen molar-refractivity contribution in [2.24, 2.45) is 0 Å². The van der Waals surface area contributed by atoms with Gasteiger partial charge in [-0.05, 0) is 45.7 Å². The van der Waals surface area contributed by atoms with Gasteiger partial charge < -0.3 is 15.0 Å². The number of hydrogen-bond acceptors (Lipinski definition) is 3. The van der Waals surface area contributed by atoms with E-state index in [2.05, 4.69) is 5.32 Å². The fourth-order valence-electron chi connectivity index (χ4n) is 2.58. The van der Waals surface area contributed by atoms with Crippen LogP contribution in [0.25, 0.3) is 0 Å². The first-order valence-corrected chi connectivity index (χ1v) is 8.66. The van der Waals surface area contributed by atoms with Gasteiger partial charge >= 0.3 is 6.09 Å². The Morgan fingerprint density at radius 2 is 2.00 bits per heavy atom. The molecule has 0 aromatic heterocycles. The molecule has 1 saturated heterocycles. The molecular weight excluding hydrogens is 335 g/mol. The monoisotopic (exact) mass is 358 g/mol. The number of ether oxygens (including phenoxy) is 1. The molecule has 1 N–H and O–H groups in total. The van der Waals surface area contributed by atoms with Gasteiger partial charge in [0.05, 0.1) is 0 Å². The van der Waals surface area contributed by atoms with Crippen molar-refractivity contribution in [3.63, 3.8) is 0 Å². The van der Waals surface area contributed by atoms with Crippen LogP contribution >= 0.6 is 23.2 Å². The van der Waals surface area contributed by atoms with Gasteiger partial charge in [-0.1, -0.05) is 29.3 Å². The van der Waals surface area contributed by atoms with E-state index in [9.17, 15) is 4.79 Å². The number of amides is 1. The molecule has 128 valence electrons. The first-order valence-electron chi connectivity index (χ1n) is 7.90. The number of rotatable bonds is 3. The Morgan fingerprint density at radius 1 is 1.35 bits per heavy atom. The molecule has 1 aliphatic heterocycles. The van der Waals surface area contributed by atoms with Crippen LogP contribution < -0.4 is 5.32 Å². The van der Waals surface area contributed by atoms with Gasteiger partial charge in [-0.3, -0.25) is 0 Å². The second-order valence-corrected chi connectivity index (χ2v) is 7.66. The van der Waals surface area contributed by atoms with Gasteiger partial charge in [0.1, 0.15) is 5.60 Å². The summed E-state index contributed by atoms with van der Waals surface area (Å²) in [6.07, 6.45) is 1.72. The summed E-state index contributed by atoms with van der Waals surface area (Å²) in [5, 5.41) is 4.76. The molecule has 2 rings (SSSR count). The van der Waals surface area contributed by atoms with E-state index in [1.54, 1.807) is 4.90 Å². The van der Waals surface area contributed by atoms with E-state index >= 15 is 0 Å². The van der Waals surface area contributed by atoms with Crippen molar-refractivity contribution >= 4 is 29.3 Å². The van der Waals surface area contributed by atoms with Gasteiger partial charge in [-0.25, -0.2) is 4.79 Å². The fourth-order valence-corrected chi connectivity index (χ4v) is 3.11. The van der Waals surface area contributed by atoms with Crippen LogP contribution in [0.3, 0.4) is 0 Å². The molecule has 1 atom stereocenters. The molecule has 0 aliphatic carbocycles. The van der Waals surface area contributed by atoms with Crippen LogP contribution in [-0.4, -0.2) is 35.7 Å². The number of carbonyl (C=O) groups excluding carboxylic acids is 1. The average molecular weight is 359 g/mol. The third-order valence-corrected chi connectivity index (χ3v) is 4.41. The van der Waals surface area contributed by atoms with Crippen molar-refractivity contribution in [2.75, 3.05) is 13.1 Å². The SMILES string of the molecule is CC(C)(C)OC(=O)N1CCCC(NCc2c(Cl)cccc2Cl)C1. The highest BCUT2D eigenvalue weighted by Gasteiger charge is 2.27. The largest absolute Gasteiger partial charge is 0.444 e. The number of halogens is 2. The van der Waals surface area contributed by atoms with Crippen molar-refractivity contribution in [1.29, 1.82) is 0 Å². The summed E-state index contributed by atoms with van der Waals surface area (Å²) in [4.78, 5) is 13.9. The summed E-state index contributed by atoms with van der Waals surface area (Å²) < 4.78 is 5.44. The second-order valence-electron chi connectivity index (χ2n) is 6.85. The second kappa shape index (κ2) is 7.73. The first kappa shape index (κ1) is 18.4. The molecule has 0 bridgehead atoms. The molecule has 1 heterocycles. The number of hydrogen-bond donors (Lipinski definition) is 1. The Labute approximate surface area is 148 Å². The number of nitrogens with zero attached hydrogens (tertiary/aromatic N) is 1. The number of likely N-dealkylation sites (tertiary alicyclic amines) is 1. The van der Waals surface area contributed by atoms with E-state index in [4.69, 9.17) is 27.9 Å².